The molecule has 0 unspecified atom stereocenters. The first-order chi connectivity index (χ1) is 19.8. The predicted molar refractivity (Wildman–Crippen MR) is 162 cm³/mol. The fraction of sp³-hybridized carbons (Fsp3) is 0.323. The zero-order valence-corrected chi connectivity index (χ0v) is 24.3. The molecule has 0 atom stereocenters. The van der Waals surface area contributed by atoms with E-state index in [2.05, 4.69) is 10.3 Å². The van der Waals surface area contributed by atoms with Gasteiger partial charge in [0.1, 0.15) is 28.0 Å². The first kappa shape index (κ1) is 28.4. The Balaban J connectivity index is 1.32. The zero-order chi connectivity index (χ0) is 28.7. The number of likely N-dealkylation sites (tertiary alicyclic amines) is 1. The molecule has 0 saturated carbocycles. The van der Waals surface area contributed by atoms with Crippen molar-refractivity contribution in [2.24, 2.45) is 15.9 Å². The number of piperidine rings is 1. The van der Waals surface area contributed by atoms with Gasteiger partial charge in [0.05, 0.1) is 6.54 Å². The molecule has 1 aromatic carbocycles. The summed E-state index contributed by atoms with van der Waals surface area (Å²) >= 11 is 1.51. The molecule has 1 saturated heterocycles. The summed E-state index contributed by atoms with van der Waals surface area (Å²) in [5.74, 6) is 3.37. The lowest BCUT2D eigenvalue weighted by Gasteiger charge is -2.33. The van der Waals surface area contributed by atoms with Gasteiger partial charge >= 0.3 is 6.09 Å². The standard InChI is InChI=1S/C31H34N6O3S/c1-31(2,3)40-30(38)37-18-14-22(15-19-37)28-33-17-9-12-26(35-28)36-29-25(39-23-10-5-4-6-11-23)20-24(21-34-29)41-27-13-7-8-16-32-27/h4-13,16,20-22H,14-15,17-19H2,1-3H3,(H,33,34,35,36). The summed E-state index contributed by atoms with van der Waals surface area (Å²) in [6, 6.07) is 17.4. The van der Waals surface area contributed by atoms with Crippen LogP contribution in [-0.4, -0.2) is 57.9 Å². The molecular weight excluding hydrogens is 536 g/mol. The van der Waals surface area contributed by atoms with E-state index in [4.69, 9.17) is 24.4 Å². The number of aromatic nitrogens is 2. The van der Waals surface area contributed by atoms with Crippen LogP contribution in [0.4, 0.5) is 10.6 Å². The molecule has 0 bridgehead atoms. The summed E-state index contributed by atoms with van der Waals surface area (Å²) in [7, 11) is 0. The third kappa shape index (κ3) is 8.17. The molecule has 1 fully saturated rings. The number of hydrogen-bond acceptors (Lipinski definition) is 9. The fourth-order valence-electron chi connectivity index (χ4n) is 4.36. The van der Waals surface area contributed by atoms with Gasteiger partial charge in [-0.05, 0) is 64.0 Å². The number of nitrogens with one attached hydrogen (secondary N) is 1. The maximum absolute atomic E-state index is 12.5. The molecule has 10 heteroatoms. The van der Waals surface area contributed by atoms with E-state index in [0.717, 1.165) is 28.6 Å². The van der Waals surface area contributed by atoms with Crippen molar-refractivity contribution in [3.63, 3.8) is 0 Å². The lowest BCUT2D eigenvalue weighted by molar-refractivity contribution is 0.0201. The van der Waals surface area contributed by atoms with Crippen LogP contribution in [0.5, 0.6) is 11.5 Å². The Morgan fingerprint density at radius 2 is 1.83 bits per heavy atom. The van der Waals surface area contributed by atoms with Gasteiger partial charge in [0.2, 0.25) is 0 Å². The van der Waals surface area contributed by atoms with Crippen molar-refractivity contribution in [3.05, 3.63) is 79.1 Å². The van der Waals surface area contributed by atoms with Crippen LogP contribution in [0.15, 0.2) is 99.0 Å². The van der Waals surface area contributed by atoms with Gasteiger partial charge in [-0.25, -0.2) is 19.8 Å². The zero-order valence-electron chi connectivity index (χ0n) is 23.5. The molecule has 0 spiro atoms. The van der Waals surface area contributed by atoms with Crippen molar-refractivity contribution in [1.29, 1.82) is 0 Å². The predicted octanol–water partition coefficient (Wildman–Crippen LogP) is 6.85. The Morgan fingerprint density at radius 1 is 1.05 bits per heavy atom. The average Bonchev–Trinajstić information content (AvgIpc) is 3.20. The SMILES string of the molecule is CC(C)(C)OC(=O)N1CCC(C2=NCC=CC(Nc3ncc(Sc4ccccn4)cc3Oc3ccccc3)=N2)CC1. The van der Waals surface area contributed by atoms with Crippen molar-refractivity contribution in [2.45, 2.75) is 49.1 Å². The molecule has 0 aliphatic carbocycles. The number of carbonyl (C=O) groups excluding carboxylic acids is 1. The summed E-state index contributed by atoms with van der Waals surface area (Å²) in [4.78, 5) is 33.9. The van der Waals surface area contributed by atoms with E-state index in [1.807, 2.05) is 87.5 Å². The van der Waals surface area contributed by atoms with E-state index in [0.29, 0.717) is 42.8 Å². The number of benzene rings is 1. The lowest BCUT2D eigenvalue weighted by Crippen LogP contribution is -2.42. The van der Waals surface area contributed by atoms with Gasteiger partial charge in [0, 0.05) is 42.4 Å². The summed E-state index contributed by atoms with van der Waals surface area (Å²) in [5.41, 5.74) is -0.512. The van der Waals surface area contributed by atoms with Crippen LogP contribution in [0, 0.1) is 5.92 Å². The minimum atomic E-state index is -0.512. The van der Waals surface area contributed by atoms with Gasteiger partial charge < -0.3 is 19.7 Å². The third-order valence-corrected chi connectivity index (χ3v) is 7.20. The number of hydrogen-bond donors (Lipinski definition) is 1. The average molecular weight is 571 g/mol. The van der Waals surface area contributed by atoms with Crippen molar-refractivity contribution in [1.82, 2.24) is 14.9 Å². The molecule has 4 heterocycles. The smallest absolute Gasteiger partial charge is 0.410 e. The maximum atomic E-state index is 12.5. The van der Waals surface area contributed by atoms with Crippen LogP contribution < -0.4 is 10.1 Å². The van der Waals surface area contributed by atoms with Crippen LogP contribution in [0.3, 0.4) is 0 Å². The third-order valence-electron chi connectivity index (χ3n) is 6.29. The van der Waals surface area contributed by atoms with E-state index >= 15 is 0 Å². The fourth-order valence-corrected chi connectivity index (χ4v) is 5.14. The minimum Gasteiger partial charge on any atom is -0.453 e. The Labute approximate surface area is 244 Å². The van der Waals surface area contributed by atoms with Crippen LogP contribution in [0.25, 0.3) is 0 Å². The number of para-hydroxylation sites is 1. The lowest BCUT2D eigenvalue weighted by atomic mass is 9.96. The molecule has 0 radical (unpaired) electrons. The normalized spacial score (nSPS) is 15.9. The van der Waals surface area contributed by atoms with E-state index in [9.17, 15) is 4.79 Å². The van der Waals surface area contributed by atoms with Gasteiger partial charge in [0.25, 0.3) is 0 Å². The number of amides is 1. The Morgan fingerprint density at radius 3 is 2.56 bits per heavy atom. The number of pyridine rings is 2. The largest absolute Gasteiger partial charge is 0.453 e. The molecule has 212 valence electrons. The van der Waals surface area contributed by atoms with E-state index < -0.39 is 5.60 Å². The molecule has 2 aromatic heterocycles. The van der Waals surface area contributed by atoms with E-state index in [1.165, 1.54) is 11.8 Å². The number of ether oxygens (including phenoxy) is 2. The minimum absolute atomic E-state index is 0.149. The highest BCUT2D eigenvalue weighted by Gasteiger charge is 2.29. The second-order valence-electron chi connectivity index (χ2n) is 10.7. The summed E-state index contributed by atoms with van der Waals surface area (Å²) in [6.07, 6.45) is 8.72. The van der Waals surface area contributed by atoms with Gasteiger partial charge in [-0.1, -0.05) is 42.1 Å². The second kappa shape index (κ2) is 13.0. The molecule has 1 N–H and O–H groups in total. The van der Waals surface area contributed by atoms with Crippen molar-refractivity contribution >= 4 is 35.3 Å². The Kier molecular flexibility index (Phi) is 8.98. The summed E-state index contributed by atoms with van der Waals surface area (Å²) < 4.78 is 11.8. The van der Waals surface area contributed by atoms with Gasteiger partial charge in [0.15, 0.2) is 11.6 Å². The van der Waals surface area contributed by atoms with Gasteiger partial charge in [-0.3, -0.25) is 4.99 Å². The first-order valence-electron chi connectivity index (χ1n) is 13.7. The van der Waals surface area contributed by atoms with Crippen LogP contribution >= 0.6 is 11.8 Å². The molecule has 2 aliphatic heterocycles. The van der Waals surface area contributed by atoms with Crippen LogP contribution in [0.2, 0.25) is 0 Å². The van der Waals surface area contributed by atoms with Crippen LogP contribution in [0.1, 0.15) is 33.6 Å². The van der Waals surface area contributed by atoms with Crippen LogP contribution in [-0.2, 0) is 4.74 Å². The summed E-state index contributed by atoms with van der Waals surface area (Å²) in [5, 5.41) is 4.23. The quantitative estimate of drug-likeness (QED) is 0.346. The van der Waals surface area contributed by atoms with E-state index in [-0.39, 0.29) is 12.0 Å². The molecular formula is C31H34N6O3S. The monoisotopic (exact) mass is 570 g/mol. The number of aliphatic imine (C=N–C) groups is 2. The van der Waals surface area contributed by atoms with E-state index in [1.54, 1.807) is 17.3 Å². The molecule has 9 nitrogen and oxygen atoms in total. The number of carbonyl (C=O) groups is 1. The summed E-state index contributed by atoms with van der Waals surface area (Å²) in [6.45, 7) is 7.40. The highest BCUT2D eigenvalue weighted by atomic mass is 32.2. The van der Waals surface area contributed by atoms with Crippen molar-refractivity contribution in [2.75, 3.05) is 25.0 Å². The highest BCUT2D eigenvalue weighted by molar-refractivity contribution is 7.99. The molecule has 41 heavy (non-hydrogen) atoms. The first-order valence-corrected chi connectivity index (χ1v) is 14.5. The number of rotatable bonds is 6. The van der Waals surface area contributed by atoms with Crippen molar-refractivity contribution in [3.8, 4) is 11.5 Å². The van der Waals surface area contributed by atoms with Gasteiger partial charge in [-0.2, -0.15) is 0 Å². The van der Waals surface area contributed by atoms with Gasteiger partial charge in [-0.15, -0.1) is 0 Å². The number of nitrogens with zero attached hydrogens (tertiary/aromatic N) is 5. The molecule has 2 aliphatic rings. The Bertz CT molecular complexity index is 1430. The second-order valence-corrected chi connectivity index (χ2v) is 11.8. The molecule has 5 rings (SSSR count). The number of anilines is 1. The number of amidine groups is 2. The highest BCUT2D eigenvalue weighted by Crippen LogP contribution is 2.34. The maximum Gasteiger partial charge on any atom is 0.410 e. The van der Waals surface area contributed by atoms with Crippen molar-refractivity contribution < 1.29 is 14.3 Å². The molecule has 1 amide bonds. The molecule has 3 aromatic rings. The topological polar surface area (TPSA) is 101 Å². The Hall–Kier alpha value is -4.18.